The van der Waals surface area contributed by atoms with Gasteiger partial charge in [-0.1, -0.05) is 0 Å². The van der Waals surface area contributed by atoms with Crippen LogP contribution in [0.5, 0.6) is 0 Å². The van der Waals surface area contributed by atoms with Gasteiger partial charge in [-0.15, -0.1) is 0 Å². The van der Waals surface area contributed by atoms with Crippen molar-refractivity contribution in [3.8, 4) is 5.69 Å². The summed E-state index contributed by atoms with van der Waals surface area (Å²) in [7, 11) is 1.15. The zero-order valence-electron chi connectivity index (χ0n) is 15.9. The monoisotopic (exact) mass is 446 g/mol. The molecule has 2 aromatic rings. The van der Waals surface area contributed by atoms with Gasteiger partial charge in [0.15, 0.2) is 0 Å². The molecule has 166 valence electrons. The molecular formula is C18H16F6N6O. The molecule has 13 heteroatoms. The molecule has 1 aliphatic carbocycles. The van der Waals surface area contributed by atoms with Gasteiger partial charge in [0, 0.05) is 25.0 Å². The van der Waals surface area contributed by atoms with E-state index in [1.54, 1.807) is 0 Å². The maximum absolute atomic E-state index is 12.9. The number of nitrogens with zero attached hydrogens (tertiary/aromatic N) is 4. The van der Waals surface area contributed by atoms with Gasteiger partial charge in [-0.2, -0.15) is 31.4 Å². The standard InChI is InChI=1S/C18H16F6N6O/c1-26-13(7-14(25)17(19,20)21)16(31)28-11-2-3-12-10(11)8-30(29-12)9-4-5-27-15(6-9)18(22,23)24/h4-8,11H,2-3,25H2,1H3,(H,28,31)/b14-7-,26-13?/t11-/m0/s1. The third-order valence-corrected chi connectivity index (χ3v) is 4.57. The highest BCUT2D eigenvalue weighted by Gasteiger charge is 2.34. The summed E-state index contributed by atoms with van der Waals surface area (Å²) in [6, 6.07) is 1.58. The number of hydrogen-bond acceptors (Lipinski definition) is 5. The second-order valence-electron chi connectivity index (χ2n) is 6.64. The number of aromatic nitrogens is 3. The number of pyridine rings is 1. The van der Waals surface area contributed by atoms with Crippen molar-refractivity contribution in [2.75, 3.05) is 7.05 Å². The maximum Gasteiger partial charge on any atom is 0.433 e. The Labute approximate surface area is 171 Å². The van der Waals surface area contributed by atoms with E-state index in [4.69, 9.17) is 5.73 Å². The zero-order valence-corrected chi connectivity index (χ0v) is 15.9. The summed E-state index contributed by atoms with van der Waals surface area (Å²) in [5.74, 6) is -0.872. The lowest BCUT2D eigenvalue weighted by atomic mass is 10.1. The molecule has 0 fully saturated rings. The highest BCUT2D eigenvalue weighted by molar-refractivity contribution is 6.43. The quantitative estimate of drug-likeness (QED) is 0.558. The lowest BCUT2D eigenvalue weighted by Gasteiger charge is -2.14. The molecule has 1 aliphatic rings. The topological polar surface area (TPSA) is 98.2 Å². The average molecular weight is 446 g/mol. The predicted molar refractivity (Wildman–Crippen MR) is 97.3 cm³/mol. The van der Waals surface area contributed by atoms with Gasteiger partial charge in [0.05, 0.1) is 17.4 Å². The lowest BCUT2D eigenvalue weighted by molar-refractivity contribution is -0.141. The number of rotatable bonds is 4. The first-order chi connectivity index (χ1) is 14.4. The van der Waals surface area contributed by atoms with Gasteiger partial charge in [-0.3, -0.25) is 14.8 Å². The van der Waals surface area contributed by atoms with Crippen LogP contribution >= 0.6 is 0 Å². The Kier molecular flexibility index (Phi) is 5.79. The van der Waals surface area contributed by atoms with E-state index in [1.807, 2.05) is 0 Å². The number of hydrogen-bond donors (Lipinski definition) is 2. The van der Waals surface area contributed by atoms with E-state index in [0.717, 1.165) is 19.3 Å². The molecule has 0 saturated carbocycles. The largest absolute Gasteiger partial charge is 0.433 e. The Balaban J connectivity index is 1.81. The number of allylic oxidation sites excluding steroid dienone is 1. The number of amides is 1. The predicted octanol–water partition coefficient (Wildman–Crippen LogP) is 2.87. The number of aliphatic imine (C=N–C) groups is 1. The molecule has 0 saturated heterocycles. The van der Waals surface area contributed by atoms with Crippen LogP contribution in [0.2, 0.25) is 0 Å². The average Bonchev–Trinajstić information content (AvgIpc) is 3.26. The molecule has 2 aromatic heterocycles. The van der Waals surface area contributed by atoms with Gasteiger partial charge < -0.3 is 11.1 Å². The van der Waals surface area contributed by atoms with Crippen molar-refractivity contribution < 1.29 is 31.1 Å². The molecule has 2 heterocycles. The van der Waals surface area contributed by atoms with Crippen LogP contribution in [0.15, 0.2) is 41.3 Å². The number of halogens is 6. The summed E-state index contributed by atoms with van der Waals surface area (Å²) >= 11 is 0. The van der Waals surface area contributed by atoms with Crippen LogP contribution in [-0.4, -0.2) is 39.6 Å². The number of nitrogens with two attached hydrogens (primary N) is 1. The molecule has 1 amide bonds. The number of aryl methyl sites for hydroxylation is 1. The van der Waals surface area contributed by atoms with Crippen LogP contribution in [0, 0.1) is 0 Å². The molecule has 1 atom stereocenters. The van der Waals surface area contributed by atoms with Crippen molar-refractivity contribution in [2.24, 2.45) is 10.7 Å². The molecule has 0 unspecified atom stereocenters. The molecule has 0 aromatic carbocycles. The number of fused-ring (bicyclic) bond motifs is 1. The third kappa shape index (κ3) is 4.86. The summed E-state index contributed by atoms with van der Waals surface area (Å²) in [4.78, 5) is 19.2. The molecule has 0 aliphatic heterocycles. The van der Waals surface area contributed by atoms with Crippen molar-refractivity contribution >= 4 is 11.6 Å². The first-order valence-electron chi connectivity index (χ1n) is 8.84. The second-order valence-corrected chi connectivity index (χ2v) is 6.64. The fourth-order valence-corrected chi connectivity index (χ4v) is 3.04. The van der Waals surface area contributed by atoms with Crippen molar-refractivity contribution in [3.63, 3.8) is 0 Å². The fourth-order valence-electron chi connectivity index (χ4n) is 3.04. The van der Waals surface area contributed by atoms with Crippen LogP contribution in [0.3, 0.4) is 0 Å². The molecule has 0 radical (unpaired) electrons. The lowest BCUT2D eigenvalue weighted by Crippen LogP contribution is -2.34. The Morgan fingerprint density at radius 1 is 1.32 bits per heavy atom. The normalized spacial score (nSPS) is 17.6. The van der Waals surface area contributed by atoms with Crippen molar-refractivity contribution in [1.29, 1.82) is 0 Å². The Morgan fingerprint density at radius 3 is 2.65 bits per heavy atom. The van der Waals surface area contributed by atoms with E-state index in [0.29, 0.717) is 30.2 Å². The van der Waals surface area contributed by atoms with E-state index in [9.17, 15) is 31.1 Å². The molecular weight excluding hydrogens is 430 g/mol. The van der Waals surface area contributed by atoms with Gasteiger partial charge in [-0.25, -0.2) is 4.68 Å². The Morgan fingerprint density at radius 2 is 2.03 bits per heavy atom. The second kappa shape index (κ2) is 8.04. The Bertz CT molecular complexity index is 1050. The maximum atomic E-state index is 12.9. The first-order valence-corrected chi connectivity index (χ1v) is 8.84. The van der Waals surface area contributed by atoms with Gasteiger partial charge >= 0.3 is 12.4 Å². The Hall–Kier alpha value is -3.38. The van der Waals surface area contributed by atoms with Crippen molar-refractivity contribution in [3.05, 3.63) is 53.3 Å². The summed E-state index contributed by atoms with van der Waals surface area (Å²) in [6.07, 6.45) is -5.68. The van der Waals surface area contributed by atoms with Crippen molar-refractivity contribution in [2.45, 2.75) is 31.2 Å². The molecule has 3 N–H and O–H groups in total. The van der Waals surface area contributed by atoms with Crippen LogP contribution in [0.4, 0.5) is 26.3 Å². The van der Waals surface area contributed by atoms with Crippen molar-refractivity contribution in [1.82, 2.24) is 20.1 Å². The van der Waals surface area contributed by atoms with Crippen LogP contribution in [0.1, 0.15) is 29.4 Å². The van der Waals surface area contributed by atoms with E-state index < -0.39 is 41.4 Å². The minimum Gasteiger partial charge on any atom is -0.395 e. The van der Waals surface area contributed by atoms with Crippen LogP contribution in [-0.2, 0) is 17.4 Å². The van der Waals surface area contributed by atoms with Gasteiger partial charge in [0.1, 0.15) is 17.1 Å². The fraction of sp³-hybridized carbons (Fsp3) is 0.333. The number of carbonyl (C=O) groups is 1. The summed E-state index contributed by atoms with van der Waals surface area (Å²) in [6.45, 7) is 0. The van der Waals surface area contributed by atoms with E-state index in [-0.39, 0.29) is 5.69 Å². The minimum atomic E-state index is -4.81. The molecule has 3 rings (SSSR count). The molecule has 31 heavy (non-hydrogen) atoms. The SMILES string of the molecule is CN=C(/C=C(\N)C(F)(F)F)C(=O)N[C@H]1CCc2nn(-c3ccnc(C(F)(F)F)c3)cc21. The third-order valence-electron chi connectivity index (χ3n) is 4.57. The van der Waals surface area contributed by atoms with E-state index in [2.05, 4.69) is 20.4 Å². The van der Waals surface area contributed by atoms with Gasteiger partial charge in [-0.05, 0) is 31.1 Å². The number of alkyl halides is 6. The zero-order chi connectivity index (χ0) is 23.0. The minimum absolute atomic E-state index is 0.124. The highest BCUT2D eigenvalue weighted by atomic mass is 19.4. The number of nitrogens with one attached hydrogen (secondary N) is 1. The summed E-state index contributed by atoms with van der Waals surface area (Å²) in [5.41, 5.74) is 3.09. The number of carbonyl (C=O) groups excluding carboxylic acids is 1. The van der Waals surface area contributed by atoms with Crippen LogP contribution in [0.25, 0.3) is 5.69 Å². The van der Waals surface area contributed by atoms with Crippen LogP contribution < -0.4 is 11.1 Å². The molecule has 0 bridgehead atoms. The van der Waals surface area contributed by atoms with Gasteiger partial charge in [0.2, 0.25) is 0 Å². The molecule has 7 nitrogen and oxygen atoms in total. The van der Waals surface area contributed by atoms with Gasteiger partial charge in [0.25, 0.3) is 5.91 Å². The highest BCUT2D eigenvalue weighted by Crippen LogP contribution is 2.32. The van der Waals surface area contributed by atoms with E-state index in [1.165, 1.54) is 16.9 Å². The first kappa shape index (κ1) is 22.3. The van der Waals surface area contributed by atoms with E-state index >= 15 is 0 Å². The summed E-state index contributed by atoms with van der Waals surface area (Å²) in [5, 5.41) is 6.81. The summed E-state index contributed by atoms with van der Waals surface area (Å²) < 4.78 is 77.7. The smallest absolute Gasteiger partial charge is 0.395 e. The molecule has 0 spiro atoms.